The number of phosphoric ester groups is 1. The number of hydrogen-bond donors (Lipinski definition) is 9. The smallest absolute Gasteiger partial charge is 0.393 e. The molecule has 1 aliphatic carbocycles. The molecule has 1 amide bonds. The van der Waals surface area contributed by atoms with Crippen LogP contribution >= 0.6 is 7.82 Å². The Morgan fingerprint density at radius 1 is 0.636 bits per heavy atom. The third kappa shape index (κ3) is 24.3. The second-order valence-electron chi connectivity index (χ2n) is 15.4. The molecule has 0 heterocycles. The second kappa shape index (κ2) is 31.7. The van der Waals surface area contributed by atoms with E-state index in [1.807, 2.05) is 0 Å². The highest BCUT2D eigenvalue weighted by Gasteiger charge is 2.51. The van der Waals surface area contributed by atoms with Crippen LogP contribution in [0.3, 0.4) is 0 Å². The van der Waals surface area contributed by atoms with Gasteiger partial charge in [-0.3, -0.25) is 13.8 Å². The summed E-state index contributed by atoms with van der Waals surface area (Å²) in [6, 6.07) is -1.16. The normalized spacial score (nSPS) is 24.6. The Morgan fingerprint density at radius 3 is 1.62 bits per heavy atom. The fourth-order valence-corrected chi connectivity index (χ4v) is 7.71. The lowest BCUT2D eigenvalue weighted by molar-refractivity contribution is -0.220. The third-order valence-electron chi connectivity index (χ3n) is 10.3. The zero-order valence-corrected chi connectivity index (χ0v) is 34.7. The summed E-state index contributed by atoms with van der Waals surface area (Å²) in [5, 5.41) is 74.3. The molecular weight excluding hydrogens is 729 g/mol. The number of carbonyl (C=O) groups is 1. The first-order valence-corrected chi connectivity index (χ1v) is 22.9. The number of amides is 1. The Bertz CT molecular complexity index is 1050. The van der Waals surface area contributed by atoms with E-state index in [1.54, 1.807) is 0 Å². The van der Waals surface area contributed by atoms with Gasteiger partial charge < -0.3 is 46.0 Å². The average molecular weight is 808 g/mol. The van der Waals surface area contributed by atoms with Crippen LogP contribution in [0.4, 0.5) is 0 Å². The molecule has 324 valence electrons. The maximum absolute atomic E-state index is 12.9. The van der Waals surface area contributed by atoms with E-state index >= 15 is 0 Å². The molecule has 1 rings (SSSR count). The largest absolute Gasteiger partial charge is 0.472 e. The van der Waals surface area contributed by atoms with Gasteiger partial charge in [0, 0.05) is 0 Å². The van der Waals surface area contributed by atoms with Crippen LogP contribution in [0.1, 0.15) is 168 Å². The zero-order chi connectivity index (χ0) is 40.9. The first-order chi connectivity index (χ1) is 26.3. The molecule has 0 bridgehead atoms. The van der Waals surface area contributed by atoms with Crippen LogP contribution in [0.5, 0.6) is 0 Å². The molecule has 0 radical (unpaired) electrons. The van der Waals surface area contributed by atoms with Crippen LogP contribution in [0, 0.1) is 0 Å². The molecular formula is C41H78NO12P. The topological polar surface area (TPSA) is 226 Å². The first kappa shape index (κ1) is 51.8. The maximum Gasteiger partial charge on any atom is 0.472 e. The predicted octanol–water partition coefficient (Wildman–Crippen LogP) is 6.03. The molecule has 8 unspecified atom stereocenters. The zero-order valence-electron chi connectivity index (χ0n) is 33.8. The van der Waals surface area contributed by atoms with Gasteiger partial charge in [0.1, 0.15) is 36.6 Å². The number of phosphoric acid groups is 1. The molecule has 14 heteroatoms. The van der Waals surface area contributed by atoms with Crippen LogP contribution in [-0.4, -0.2) is 108 Å². The molecule has 1 aliphatic rings. The SMILES string of the molecule is CCCCC/C=C\C/C=C\CCCCCCCC(O)CC(=O)NC(COP(=O)(O)OC1C(O)C(O)C(O)C(O)C1O)C(O)CCCCCCCCCCCC. The minimum Gasteiger partial charge on any atom is -0.393 e. The molecule has 0 aromatic heterocycles. The Labute approximate surface area is 331 Å². The van der Waals surface area contributed by atoms with Crippen molar-refractivity contribution in [2.75, 3.05) is 6.61 Å². The summed E-state index contributed by atoms with van der Waals surface area (Å²) >= 11 is 0. The lowest BCUT2D eigenvalue weighted by Crippen LogP contribution is -2.64. The predicted molar refractivity (Wildman–Crippen MR) is 215 cm³/mol. The van der Waals surface area contributed by atoms with Crippen molar-refractivity contribution in [3.8, 4) is 0 Å². The highest BCUT2D eigenvalue weighted by Crippen LogP contribution is 2.47. The molecule has 1 fully saturated rings. The van der Waals surface area contributed by atoms with Gasteiger partial charge in [0.2, 0.25) is 5.91 Å². The van der Waals surface area contributed by atoms with Crippen LogP contribution in [0.2, 0.25) is 0 Å². The van der Waals surface area contributed by atoms with E-state index in [4.69, 9.17) is 9.05 Å². The lowest BCUT2D eigenvalue weighted by Gasteiger charge is -2.41. The van der Waals surface area contributed by atoms with E-state index in [0.29, 0.717) is 12.8 Å². The quantitative estimate of drug-likeness (QED) is 0.0207. The van der Waals surface area contributed by atoms with Crippen molar-refractivity contribution in [2.45, 2.75) is 223 Å². The number of unbranched alkanes of at least 4 members (excludes halogenated alkanes) is 17. The lowest BCUT2D eigenvalue weighted by atomic mass is 9.85. The van der Waals surface area contributed by atoms with Crippen molar-refractivity contribution in [1.82, 2.24) is 5.32 Å². The molecule has 0 spiro atoms. The van der Waals surface area contributed by atoms with Crippen molar-refractivity contribution in [2.24, 2.45) is 0 Å². The summed E-state index contributed by atoms with van der Waals surface area (Å²) in [4.78, 5) is 23.3. The van der Waals surface area contributed by atoms with Crippen molar-refractivity contribution < 1.29 is 59.0 Å². The monoisotopic (exact) mass is 808 g/mol. The summed E-state index contributed by atoms with van der Waals surface area (Å²) in [5.41, 5.74) is 0. The minimum absolute atomic E-state index is 0.231. The average Bonchev–Trinajstić information content (AvgIpc) is 3.15. The summed E-state index contributed by atoms with van der Waals surface area (Å²) in [6.45, 7) is 3.71. The minimum atomic E-state index is -5.11. The summed E-state index contributed by atoms with van der Waals surface area (Å²) < 4.78 is 22.8. The van der Waals surface area contributed by atoms with E-state index in [1.165, 1.54) is 51.4 Å². The molecule has 0 aliphatic heterocycles. The Hall–Kier alpha value is -1.22. The van der Waals surface area contributed by atoms with Crippen molar-refractivity contribution in [3.05, 3.63) is 24.3 Å². The molecule has 0 aromatic rings. The Balaban J connectivity index is 2.56. The van der Waals surface area contributed by atoms with Gasteiger partial charge in [-0.25, -0.2) is 4.57 Å². The maximum atomic E-state index is 12.9. The van der Waals surface area contributed by atoms with E-state index in [9.17, 15) is 50.0 Å². The number of rotatable bonds is 34. The van der Waals surface area contributed by atoms with Crippen LogP contribution in [0.15, 0.2) is 24.3 Å². The van der Waals surface area contributed by atoms with Crippen LogP contribution in [-0.2, 0) is 18.4 Å². The van der Waals surface area contributed by atoms with E-state index < -0.39 is 75.2 Å². The second-order valence-corrected chi connectivity index (χ2v) is 16.8. The molecule has 8 atom stereocenters. The summed E-state index contributed by atoms with van der Waals surface area (Å²) in [5.74, 6) is -0.571. The van der Waals surface area contributed by atoms with Gasteiger partial charge in [0.05, 0.1) is 31.3 Å². The molecule has 9 N–H and O–H groups in total. The highest BCUT2D eigenvalue weighted by molar-refractivity contribution is 7.47. The van der Waals surface area contributed by atoms with Gasteiger partial charge in [-0.05, 0) is 44.9 Å². The third-order valence-corrected chi connectivity index (χ3v) is 11.3. The molecule has 55 heavy (non-hydrogen) atoms. The van der Waals surface area contributed by atoms with Crippen molar-refractivity contribution >= 4 is 13.7 Å². The van der Waals surface area contributed by atoms with Crippen molar-refractivity contribution in [1.29, 1.82) is 0 Å². The Morgan fingerprint density at radius 2 is 1.07 bits per heavy atom. The summed E-state index contributed by atoms with van der Waals surface area (Å²) in [7, 11) is -5.11. The number of carbonyl (C=O) groups excluding carboxylic acids is 1. The van der Waals surface area contributed by atoms with E-state index in [2.05, 4.69) is 43.5 Å². The number of aliphatic hydroxyl groups is 7. The van der Waals surface area contributed by atoms with Gasteiger partial charge >= 0.3 is 7.82 Å². The number of hydrogen-bond acceptors (Lipinski definition) is 11. The molecule has 13 nitrogen and oxygen atoms in total. The fraction of sp³-hybridized carbons (Fsp3) is 0.878. The van der Waals surface area contributed by atoms with Gasteiger partial charge in [-0.15, -0.1) is 0 Å². The van der Waals surface area contributed by atoms with Crippen LogP contribution < -0.4 is 5.32 Å². The van der Waals surface area contributed by atoms with E-state index in [0.717, 1.165) is 77.0 Å². The van der Waals surface area contributed by atoms with Gasteiger partial charge in [0.25, 0.3) is 0 Å². The van der Waals surface area contributed by atoms with Crippen molar-refractivity contribution in [3.63, 3.8) is 0 Å². The van der Waals surface area contributed by atoms with E-state index in [-0.39, 0.29) is 12.8 Å². The molecule has 1 saturated carbocycles. The highest BCUT2D eigenvalue weighted by atomic mass is 31.2. The van der Waals surface area contributed by atoms with Gasteiger partial charge in [-0.1, -0.05) is 141 Å². The fourth-order valence-electron chi connectivity index (χ4n) is 6.74. The van der Waals surface area contributed by atoms with Crippen LogP contribution in [0.25, 0.3) is 0 Å². The first-order valence-electron chi connectivity index (χ1n) is 21.4. The molecule has 0 aromatic carbocycles. The molecule has 0 saturated heterocycles. The van der Waals surface area contributed by atoms with Gasteiger partial charge in [-0.2, -0.15) is 0 Å². The standard InChI is InChI=1S/C41H78NO12P/c1-3-5-7-9-11-13-15-16-17-18-19-20-22-24-26-28-32(43)30-35(45)42-33(34(44)29-27-25-23-21-14-12-10-8-6-4-2)31-53-55(51,52)54-41-39(49)37(47)36(46)38(48)40(41)50/h11,13,16-17,32-34,36-41,43-44,46-50H,3-10,12,14-15,18-31H2,1-2H3,(H,42,45)(H,51,52)/b13-11-,17-16-. The summed E-state index contributed by atoms with van der Waals surface area (Å²) in [6.07, 6.45) is 18.1. The number of nitrogens with one attached hydrogen (secondary N) is 1. The number of allylic oxidation sites excluding steroid dienone is 4. The number of aliphatic hydroxyl groups excluding tert-OH is 7. The Kier molecular flexibility index (Phi) is 29.9. The van der Waals surface area contributed by atoms with Gasteiger partial charge in [0.15, 0.2) is 0 Å².